The van der Waals surface area contributed by atoms with E-state index in [9.17, 15) is 4.79 Å². The number of fused-ring (bicyclic) bond motifs is 1. The number of carbonyl (C=O) groups excluding carboxylic acids is 1. The Hall–Kier alpha value is -2.75. The van der Waals surface area contributed by atoms with Crippen LogP contribution < -0.4 is 4.90 Å². The lowest BCUT2D eigenvalue weighted by Gasteiger charge is -2.17. The van der Waals surface area contributed by atoms with Crippen molar-refractivity contribution in [3.8, 4) is 0 Å². The summed E-state index contributed by atoms with van der Waals surface area (Å²) in [5, 5.41) is 0. The van der Waals surface area contributed by atoms with Gasteiger partial charge in [0, 0.05) is 30.7 Å². The van der Waals surface area contributed by atoms with Gasteiger partial charge in [0.05, 0.1) is 11.0 Å². The highest BCUT2D eigenvalue weighted by molar-refractivity contribution is 6.07. The van der Waals surface area contributed by atoms with Gasteiger partial charge in [-0.15, -0.1) is 0 Å². The summed E-state index contributed by atoms with van der Waals surface area (Å²) >= 11 is 0. The maximum Gasteiger partial charge on any atom is 0.258 e. The van der Waals surface area contributed by atoms with Gasteiger partial charge in [0.1, 0.15) is 0 Å². The average molecular weight is 263 g/mol. The molecular formula is C16H13N3O. The summed E-state index contributed by atoms with van der Waals surface area (Å²) in [5.74, 6) is -0.0660. The minimum atomic E-state index is -0.0660. The number of hydrogen-bond acceptors (Lipinski definition) is 3. The fourth-order valence-electron chi connectivity index (χ4n) is 2.06. The normalized spacial score (nSPS) is 10.4. The first kappa shape index (κ1) is 12.3. The van der Waals surface area contributed by atoms with Gasteiger partial charge in [-0.25, -0.2) is 0 Å². The van der Waals surface area contributed by atoms with Gasteiger partial charge in [0.15, 0.2) is 0 Å². The zero-order chi connectivity index (χ0) is 13.9. The van der Waals surface area contributed by atoms with Crippen molar-refractivity contribution in [1.82, 2.24) is 9.97 Å². The molecule has 2 aromatic carbocycles. The molecule has 0 N–H and O–H groups in total. The first-order chi connectivity index (χ1) is 9.75. The van der Waals surface area contributed by atoms with Crippen molar-refractivity contribution >= 4 is 22.6 Å². The van der Waals surface area contributed by atoms with Crippen LogP contribution in [0.4, 0.5) is 5.69 Å². The number of nitrogens with zero attached hydrogens (tertiary/aromatic N) is 3. The Bertz CT molecular complexity index is 756. The van der Waals surface area contributed by atoms with E-state index in [0.717, 1.165) is 16.7 Å². The molecule has 0 bridgehead atoms. The molecule has 0 aliphatic rings. The van der Waals surface area contributed by atoms with Crippen LogP contribution in [0.2, 0.25) is 0 Å². The summed E-state index contributed by atoms with van der Waals surface area (Å²) < 4.78 is 0. The molecule has 0 spiro atoms. The van der Waals surface area contributed by atoms with Crippen molar-refractivity contribution in [1.29, 1.82) is 0 Å². The van der Waals surface area contributed by atoms with Crippen molar-refractivity contribution in [3.63, 3.8) is 0 Å². The number of para-hydroxylation sites is 1. The summed E-state index contributed by atoms with van der Waals surface area (Å²) in [6, 6.07) is 14.9. The topological polar surface area (TPSA) is 46.1 Å². The zero-order valence-corrected chi connectivity index (χ0v) is 11.0. The molecular weight excluding hydrogens is 250 g/mol. The lowest BCUT2D eigenvalue weighted by Crippen LogP contribution is -2.26. The zero-order valence-electron chi connectivity index (χ0n) is 11.0. The smallest absolute Gasteiger partial charge is 0.258 e. The Kier molecular flexibility index (Phi) is 3.13. The van der Waals surface area contributed by atoms with E-state index in [4.69, 9.17) is 0 Å². The molecule has 20 heavy (non-hydrogen) atoms. The minimum absolute atomic E-state index is 0.0660. The van der Waals surface area contributed by atoms with Crippen LogP contribution in [0.1, 0.15) is 10.4 Å². The Morgan fingerprint density at radius 3 is 2.40 bits per heavy atom. The van der Waals surface area contributed by atoms with E-state index in [1.807, 2.05) is 36.4 Å². The predicted octanol–water partition coefficient (Wildman–Crippen LogP) is 2.91. The second-order valence-electron chi connectivity index (χ2n) is 4.46. The molecule has 1 aromatic heterocycles. The van der Waals surface area contributed by atoms with Crippen molar-refractivity contribution in [3.05, 3.63) is 66.5 Å². The molecule has 4 nitrogen and oxygen atoms in total. The van der Waals surface area contributed by atoms with Gasteiger partial charge >= 0.3 is 0 Å². The fraction of sp³-hybridized carbons (Fsp3) is 0.0625. The summed E-state index contributed by atoms with van der Waals surface area (Å²) in [7, 11) is 1.76. The largest absolute Gasteiger partial charge is 0.311 e. The number of rotatable bonds is 2. The average Bonchev–Trinajstić information content (AvgIpc) is 2.54. The van der Waals surface area contributed by atoms with Crippen LogP contribution in [0.5, 0.6) is 0 Å². The highest BCUT2D eigenvalue weighted by Crippen LogP contribution is 2.17. The van der Waals surface area contributed by atoms with Crippen LogP contribution in [0, 0.1) is 0 Å². The third-order valence-corrected chi connectivity index (χ3v) is 3.16. The van der Waals surface area contributed by atoms with Crippen molar-refractivity contribution < 1.29 is 4.79 Å². The molecule has 0 unspecified atom stereocenters. The van der Waals surface area contributed by atoms with E-state index in [1.165, 1.54) is 0 Å². The van der Waals surface area contributed by atoms with Crippen LogP contribution in [0.15, 0.2) is 60.9 Å². The number of amides is 1. The SMILES string of the molecule is CN(C(=O)c1ccc2nccnc2c1)c1ccccc1. The maximum absolute atomic E-state index is 12.5. The van der Waals surface area contributed by atoms with E-state index in [1.54, 1.807) is 36.5 Å². The van der Waals surface area contributed by atoms with Crippen LogP contribution >= 0.6 is 0 Å². The second kappa shape index (κ2) is 5.09. The number of benzene rings is 2. The van der Waals surface area contributed by atoms with Gasteiger partial charge < -0.3 is 4.90 Å². The van der Waals surface area contributed by atoms with E-state index in [2.05, 4.69) is 9.97 Å². The van der Waals surface area contributed by atoms with Crippen molar-refractivity contribution in [2.45, 2.75) is 0 Å². The molecule has 1 amide bonds. The van der Waals surface area contributed by atoms with E-state index in [0.29, 0.717) is 5.56 Å². The molecule has 0 saturated heterocycles. The molecule has 0 aliphatic carbocycles. The van der Waals surface area contributed by atoms with Gasteiger partial charge in [-0.3, -0.25) is 14.8 Å². The molecule has 0 radical (unpaired) electrons. The van der Waals surface area contributed by atoms with E-state index in [-0.39, 0.29) is 5.91 Å². The standard InChI is InChI=1S/C16H13N3O/c1-19(13-5-3-2-4-6-13)16(20)12-7-8-14-15(11-12)18-10-9-17-14/h2-11H,1H3. The van der Waals surface area contributed by atoms with Gasteiger partial charge in [-0.2, -0.15) is 0 Å². The molecule has 3 rings (SSSR count). The predicted molar refractivity (Wildman–Crippen MR) is 78.7 cm³/mol. The summed E-state index contributed by atoms with van der Waals surface area (Å²) in [4.78, 5) is 22.5. The van der Waals surface area contributed by atoms with Gasteiger partial charge in [0.25, 0.3) is 5.91 Å². The van der Waals surface area contributed by atoms with E-state index < -0.39 is 0 Å². The molecule has 0 fully saturated rings. The molecule has 0 aliphatic heterocycles. The van der Waals surface area contributed by atoms with Crippen molar-refractivity contribution in [2.75, 3.05) is 11.9 Å². The lowest BCUT2D eigenvalue weighted by atomic mass is 10.1. The van der Waals surface area contributed by atoms with Crippen LogP contribution in [0.25, 0.3) is 11.0 Å². The Balaban J connectivity index is 1.96. The Labute approximate surface area is 116 Å². The third kappa shape index (κ3) is 2.23. The molecule has 0 saturated carbocycles. The molecule has 98 valence electrons. The lowest BCUT2D eigenvalue weighted by molar-refractivity contribution is 0.0993. The minimum Gasteiger partial charge on any atom is -0.311 e. The fourth-order valence-corrected chi connectivity index (χ4v) is 2.06. The maximum atomic E-state index is 12.5. The van der Waals surface area contributed by atoms with Crippen LogP contribution in [0.3, 0.4) is 0 Å². The summed E-state index contributed by atoms with van der Waals surface area (Å²) in [6.45, 7) is 0. The van der Waals surface area contributed by atoms with Gasteiger partial charge in [-0.1, -0.05) is 18.2 Å². The number of aromatic nitrogens is 2. The van der Waals surface area contributed by atoms with E-state index >= 15 is 0 Å². The molecule has 4 heteroatoms. The highest BCUT2D eigenvalue weighted by atomic mass is 16.2. The van der Waals surface area contributed by atoms with Gasteiger partial charge in [0.2, 0.25) is 0 Å². The first-order valence-electron chi connectivity index (χ1n) is 6.29. The Morgan fingerprint density at radius 2 is 1.65 bits per heavy atom. The number of hydrogen-bond donors (Lipinski definition) is 0. The Morgan fingerprint density at radius 1 is 0.950 bits per heavy atom. The number of anilines is 1. The summed E-state index contributed by atoms with van der Waals surface area (Å²) in [6.07, 6.45) is 3.26. The molecule has 1 heterocycles. The molecule has 3 aromatic rings. The quantitative estimate of drug-likeness (QED) is 0.714. The van der Waals surface area contributed by atoms with Crippen LogP contribution in [-0.2, 0) is 0 Å². The molecule has 0 atom stereocenters. The first-order valence-corrected chi connectivity index (χ1v) is 6.29. The third-order valence-electron chi connectivity index (χ3n) is 3.16. The monoisotopic (exact) mass is 263 g/mol. The van der Waals surface area contributed by atoms with Gasteiger partial charge in [-0.05, 0) is 30.3 Å². The second-order valence-corrected chi connectivity index (χ2v) is 4.46. The number of carbonyl (C=O) groups is 1. The van der Waals surface area contributed by atoms with Crippen molar-refractivity contribution in [2.24, 2.45) is 0 Å². The van der Waals surface area contributed by atoms with Crippen LogP contribution in [-0.4, -0.2) is 22.9 Å². The highest BCUT2D eigenvalue weighted by Gasteiger charge is 2.13. The summed E-state index contributed by atoms with van der Waals surface area (Å²) in [5.41, 5.74) is 2.97.